The topological polar surface area (TPSA) is 46.5 Å². The first-order valence-electron chi connectivity index (χ1n) is 3.99. The molecular weight excluding hydrogens is 239 g/mol. The van der Waals surface area contributed by atoms with Gasteiger partial charge in [-0.1, -0.05) is 29.8 Å². The molecule has 0 saturated heterocycles. The zero-order valence-corrected chi connectivity index (χ0v) is 9.18. The normalized spacial score (nSPS) is 9.73. The summed E-state index contributed by atoms with van der Waals surface area (Å²) in [7, 11) is 0. The summed E-state index contributed by atoms with van der Waals surface area (Å²) in [5.41, 5.74) is -0.0500. The monoisotopic (exact) mass is 246 g/mol. The van der Waals surface area contributed by atoms with Crippen molar-refractivity contribution in [2.24, 2.45) is 0 Å². The van der Waals surface area contributed by atoms with E-state index in [-0.39, 0.29) is 12.2 Å². The zero-order valence-electron chi connectivity index (χ0n) is 7.67. The van der Waals surface area contributed by atoms with Gasteiger partial charge in [0.15, 0.2) is 0 Å². The Labute approximate surface area is 96.9 Å². The zero-order chi connectivity index (χ0) is 11.4. The van der Waals surface area contributed by atoms with E-state index in [0.717, 1.165) is 0 Å². The van der Waals surface area contributed by atoms with Crippen molar-refractivity contribution in [2.45, 2.75) is 0 Å². The number of carboxylic acids is 1. The lowest BCUT2D eigenvalue weighted by molar-refractivity contribution is -0.133. The van der Waals surface area contributed by atoms with Crippen LogP contribution >= 0.6 is 23.2 Å². The third-order valence-corrected chi connectivity index (χ3v) is 2.14. The van der Waals surface area contributed by atoms with Crippen molar-refractivity contribution in [3.8, 4) is 5.75 Å². The number of benzene rings is 1. The Hall–Kier alpha value is -1.19. The number of carbonyl (C=O) groups is 1. The second kappa shape index (κ2) is 5.05. The minimum Gasteiger partial charge on any atom is -0.487 e. The molecule has 0 amide bonds. The van der Waals surface area contributed by atoms with Crippen LogP contribution in [0.25, 0.3) is 0 Å². The summed E-state index contributed by atoms with van der Waals surface area (Å²) in [4.78, 5) is 10.4. The van der Waals surface area contributed by atoms with Crippen LogP contribution in [0.3, 0.4) is 0 Å². The molecule has 0 radical (unpaired) electrons. The largest absolute Gasteiger partial charge is 0.487 e. The molecule has 0 atom stereocenters. The van der Waals surface area contributed by atoms with Gasteiger partial charge >= 0.3 is 5.97 Å². The summed E-state index contributed by atoms with van der Waals surface area (Å²) in [5, 5.41) is 9.39. The smallest absolute Gasteiger partial charge is 0.334 e. The molecule has 1 rings (SSSR count). The van der Waals surface area contributed by atoms with Crippen LogP contribution < -0.4 is 4.74 Å². The van der Waals surface area contributed by atoms with E-state index in [1.54, 1.807) is 12.1 Å². The van der Waals surface area contributed by atoms with Gasteiger partial charge in [-0.15, -0.1) is 0 Å². The number of hydrogen-bond donors (Lipinski definition) is 1. The molecule has 15 heavy (non-hydrogen) atoms. The SMILES string of the molecule is C=C(COc1cc(Cl)ccc1Cl)C(=O)O. The molecule has 80 valence electrons. The minimum absolute atomic E-state index is 0.0500. The highest BCUT2D eigenvalue weighted by atomic mass is 35.5. The Morgan fingerprint density at radius 2 is 2.13 bits per heavy atom. The number of hydrogen-bond acceptors (Lipinski definition) is 2. The molecule has 1 aromatic rings. The van der Waals surface area contributed by atoms with Gasteiger partial charge in [-0.3, -0.25) is 0 Å². The van der Waals surface area contributed by atoms with Crippen LogP contribution in [-0.2, 0) is 4.79 Å². The number of ether oxygens (including phenoxy) is 1. The van der Waals surface area contributed by atoms with Crippen LogP contribution in [0.15, 0.2) is 30.4 Å². The highest BCUT2D eigenvalue weighted by Gasteiger charge is 2.07. The van der Waals surface area contributed by atoms with E-state index in [1.165, 1.54) is 6.07 Å². The second-order valence-corrected chi connectivity index (χ2v) is 3.62. The summed E-state index contributed by atoms with van der Waals surface area (Å²) < 4.78 is 5.14. The molecule has 0 aliphatic carbocycles. The lowest BCUT2D eigenvalue weighted by atomic mass is 10.3. The standard InChI is InChI=1S/C10H8Cl2O3/c1-6(10(13)14)5-15-9-4-7(11)2-3-8(9)12/h2-4H,1,5H2,(H,13,14). The van der Waals surface area contributed by atoms with Crippen LogP contribution in [0.2, 0.25) is 10.0 Å². The van der Waals surface area contributed by atoms with Crippen molar-refractivity contribution in [3.63, 3.8) is 0 Å². The highest BCUT2D eigenvalue weighted by Crippen LogP contribution is 2.27. The van der Waals surface area contributed by atoms with E-state index >= 15 is 0 Å². The molecule has 1 N–H and O–H groups in total. The van der Waals surface area contributed by atoms with E-state index < -0.39 is 5.97 Å². The minimum atomic E-state index is -1.10. The van der Waals surface area contributed by atoms with E-state index in [9.17, 15) is 4.79 Å². The van der Waals surface area contributed by atoms with Crippen molar-refractivity contribution in [2.75, 3.05) is 6.61 Å². The fourth-order valence-corrected chi connectivity index (χ4v) is 1.15. The lowest BCUT2D eigenvalue weighted by Gasteiger charge is -2.07. The highest BCUT2D eigenvalue weighted by molar-refractivity contribution is 6.34. The molecule has 0 aliphatic rings. The van der Waals surface area contributed by atoms with E-state index in [0.29, 0.717) is 15.8 Å². The molecule has 5 heteroatoms. The van der Waals surface area contributed by atoms with Gasteiger partial charge in [0, 0.05) is 11.1 Å². The Balaban J connectivity index is 2.69. The summed E-state index contributed by atoms with van der Waals surface area (Å²) in [6.07, 6.45) is 0. The number of carboxylic acid groups (broad SMARTS) is 1. The second-order valence-electron chi connectivity index (χ2n) is 2.77. The Morgan fingerprint density at radius 3 is 2.73 bits per heavy atom. The quantitative estimate of drug-likeness (QED) is 0.832. The van der Waals surface area contributed by atoms with Gasteiger partial charge in [-0.25, -0.2) is 4.79 Å². The maximum absolute atomic E-state index is 10.4. The fourth-order valence-electron chi connectivity index (χ4n) is 0.814. The van der Waals surface area contributed by atoms with Crippen molar-refractivity contribution in [1.82, 2.24) is 0 Å². The van der Waals surface area contributed by atoms with Crippen molar-refractivity contribution >= 4 is 29.2 Å². The van der Waals surface area contributed by atoms with Gasteiger partial charge in [-0.2, -0.15) is 0 Å². The van der Waals surface area contributed by atoms with Gasteiger partial charge in [0.25, 0.3) is 0 Å². The van der Waals surface area contributed by atoms with Crippen LogP contribution in [-0.4, -0.2) is 17.7 Å². The molecule has 0 aliphatic heterocycles. The van der Waals surface area contributed by atoms with Crippen LogP contribution in [0.5, 0.6) is 5.75 Å². The predicted molar refractivity (Wildman–Crippen MR) is 58.7 cm³/mol. The maximum atomic E-state index is 10.4. The molecule has 0 saturated carbocycles. The number of rotatable bonds is 4. The predicted octanol–water partition coefficient (Wildman–Crippen LogP) is 3.01. The fraction of sp³-hybridized carbons (Fsp3) is 0.100. The van der Waals surface area contributed by atoms with Gasteiger partial charge < -0.3 is 9.84 Å². The summed E-state index contributed by atoms with van der Waals surface area (Å²) in [6, 6.07) is 4.70. The first kappa shape index (κ1) is 11.9. The van der Waals surface area contributed by atoms with Crippen molar-refractivity contribution in [3.05, 3.63) is 40.4 Å². The number of halogens is 2. The molecule has 0 unspecified atom stereocenters. The van der Waals surface area contributed by atoms with Crippen molar-refractivity contribution in [1.29, 1.82) is 0 Å². The molecule has 0 fully saturated rings. The van der Waals surface area contributed by atoms with Crippen molar-refractivity contribution < 1.29 is 14.6 Å². The molecule has 1 aromatic carbocycles. The summed E-state index contributed by atoms with van der Waals surface area (Å²) >= 11 is 11.5. The lowest BCUT2D eigenvalue weighted by Crippen LogP contribution is -2.09. The molecule has 0 bridgehead atoms. The van der Waals surface area contributed by atoms with E-state index in [4.69, 9.17) is 33.0 Å². The molecule has 0 heterocycles. The van der Waals surface area contributed by atoms with Gasteiger partial charge in [-0.05, 0) is 12.1 Å². The average Bonchev–Trinajstić information content (AvgIpc) is 2.18. The first-order chi connectivity index (χ1) is 7.00. The molecule has 0 spiro atoms. The maximum Gasteiger partial charge on any atom is 0.334 e. The Bertz CT molecular complexity index is 402. The molecule has 3 nitrogen and oxygen atoms in total. The van der Waals surface area contributed by atoms with Crippen LogP contribution in [0.1, 0.15) is 0 Å². The summed E-state index contributed by atoms with van der Waals surface area (Å²) in [6.45, 7) is 3.19. The Morgan fingerprint density at radius 1 is 1.47 bits per heavy atom. The van der Waals surface area contributed by atoms with Gasteiger partial charge in [0.2, 0.25) is 0 Å². The third kappa shape index (κ3) is 3.46. The summed E-state index contributed by atoms with van der Waals surface area (Å²) in [5.74, 6) is -0.764. The first-order valence-corrected chi connectivity index (χ1v) is 4.75. The average molecular weight is 247 g/mol. The van der Waals surface area contributed by atoms with E-state index in [1.807, 2.05) is 0 Å². The Kier molecular flexibility index (Phi) is 4.00. The third-order valence-electron chi connectivity index (χ3n) is 1.60. The number of aliphatic carboxylic acids is 1. The van der Waals surface area contributed by atoms with Gasteiger partial charge in [0.1, 0.15) is 12.4 Å². The van der Waals surface area contributed by atoms with Gasteiger partial charge in [0.05, 0.1) is 10.6 Å². The molecular formula is C10H8Cl2O3. The van der Waals surface area contributed by atoms with Crippen LogP contribution in [0, 0.1) is 0 Å². The molecule has 0 aromatic heterocycles. The van der Waals surface area contributed by atoms with Crippen LogP contribution in [0.4, 0.5) is 0 Å². The van der Waals surface area contributed by atoms with E-state index in [2.05, 4.69) is 6.58 Å².